The lowest BCUT2D eigenvalue weighted by molar-refractivity contribution is -0.139. The van der Waals surface area contributed by atoms with Crippen molar-refractivity contribution < 1.29 is 14.7 Å². The topological polar surface area (TPSA) is 57.6 Å². The van der Waals surface area contributed by atoms with Crippen LogP contribution in [0.15, 0.2) is 0 Å². The highest BCUT2D eigenvalue weighted by Gasteiger charge is 2.31. The first-order chi connectivity index (χ1) is 10.2. The second-order valence-corrected chi connectivity index (χ2v) is 6.63. The van der Waals surface area contributed by atoms with Crippen molar-refractivity contribution in [3.63, 3.8) is 0 Å². The van der Waals surface area contributed by atoms with Gasteiger partial charge in [-0.2, -0.15) is 0 Å². The molecule has 0 radical (unpaired) electrons. The Kier molecular flexibility index (Phi) is 6.52. The molecule has 2 aliphatic carbocycles. The number of carboxylic acid groups (broad SMARTS) is 1. The smallest absolute Gasteiger partial charge is 0.303 e. The van der Waals surface area contributed by atoms with Gasteiger partial charge in [0.05, 0.1) is 0 Å². The van der Waals surface area contributed by atoms with Crippen LogP contribution in [0.4, 0.5) is 0 Å². The second kappa shape index (κ2) is 8.40. The van der Waals surface area contributed by atoms with Crippen LogP contribution in [0.1, 0.15) is 83.5 Å². The van der Waals surface area contributed by atoms with E-state index in [1.807, 2.05) is 0 Å². The molecule has 1 amide bonds. The standard InChI is InChI=1S/C17H29NO3/c19-16(12-7-13-17(20)21)18(14-8-3-1-4-9-14)15-10-5-2-6-11-15/h14-15H,1-13H2,(H,20,21). The van der Waals surface area contributed by atoms with Gasteiger partial charge in [-0.25, -0.2) is 0 Å². The molecule has 0 aromatic heterocycles. The molecule has 4 nitrogen and oxygen atoms in total. The number of rotatable bonds is 6. The van der Waals surface area contributed by atoms with E-state index in [1.165, 1.54) is 38.5 Å². The van der Waals surface area contributed by atoms with Gasteiger partial charge in [-0.05, 0) is 32.1 Å². The third-order valence-electron chi connectivity index (χ3n) is 5.01. The van der Waals surface area contributed by atoms with Crippen LogP contribution in [0.25, 0.3) is 0 Å². The molecule has 0 atom stereocenters. The summed E-state index contributed by atoms with van der Waals surface area (Å²) in [6, 6.07) is 0.832. The first kappa shape index (κ1) is 16.3. The number of hydrogen-bond donors (Lipinski definition) is 1. The number of amides is 1. The maximum atomic E-state index is 12.7. The number of carbonyl (C=O) groups excluding carboxylic acids is 1. The Hall–Kier alpha value is -1.06. The van der Waals surface area contributed by atoms with Crippen LogP contribution in [-0.2, 0) is 9.59 Å². The van der Waals surface area contributed by atoms with Crippen molar-refractivity contribution >= 4 is 11.9 Å². The monoisotopic (exact) mass is 295 g/mol. The summed E-state index contributed by atoms with van der Waals surface area (Å²) in [5.74, 6) is -0.597. The summed E-state index contributed by atoms with van der Waals surface area (Å²) in [4.78, 5) is 25.5. The fourth-order valence-corrected chi connectivity index (χ4v) is 3.94. The highest BCUT2D eigenvalue weighted by atomic mass is 16.4. The van der Waals surface area contributed by atoms with E-state index in [0.29, 0.717) is 24.9 Å². The molecule has 2 rings (SSSR count). The van der Waals surface area contributed by atoms with Crippen LogP contribution in [0, 0.1) is 0 Å². The Morgan fingerprint density at radius 3 is 1.71 bits per heavy atom. The van der Waals surface area contributed by atoms with Crippen molar-refractivity contribution in [1.82, 2.24) is 4.90 Å². The van der Waals surface area contributed by atoms with Gasteiger partial charge in [0.2, 0.25) is 5.91 Å². The highest BCUT2D eigenvalue weighted by molar-refractivity contribution is 5.77. The average Bonchev–Trinajstić information content (AvgIpc) is 2.49. The van der Waals surface area contributed by atoms with Gasteiger partial charge < -0.3 is 10.0 Å². The van der Waals surface area contributed by atoms with Gasteiger partial charge in [-0.1, -0.05) is 38.5 Å². The fraction of sp³-hybridized carbons (Fsp3) is 0.882. The maximum Gasteiger partial charge on any atom is 0.303 e. The molecule has 0 heterocycles. The minimum absolute atomic E-state index is 0.106. The summed E-state index contributed by atoms with van der Waals surface area (Å²) in [7, 11) is 0. The van der Waals surface area contributed by atoms with Crippen LogP contribution in [0.3, 0.4) is 0 Å². The second-order valence-electron chi connectivity index (χ2n) is 6.63. The molecule has 0 aliphatic heterocycles. The van der Waals surface area contributed by atoms with Crippen LogP contribution >= 0.6 is 0 Å². The lowest BCUT2D eigenvalue weighted by atomic mass is 9.88. The van der Waals surface area contributed by atoms with Crippen molar-refractivity contribution in [2.45, 2.75) is 95.6 Å². The van der Waals surface area contributed by atoms with E-state index in [4.69, 9.17) is 5.11 Å². The molecule has 120 valence electrons. The molecular weight excluding hydrogens is 266 g/mol. The zero-order chi connectivity index (χ0) is 15.1. The Balaban J connectivity index is 1.95. The summed E-state index contributed by atoms with van der Waals surface area (Å²) >= 11 is 0. The van der Waals surface area contributed by atoms with E-state index in [-0.39, 0.29) is 12.3 Å². The molecule has 2 saturated carbocycles. The van der Waals surface area contributed by atoms with Crippen molar-refractivity contribution in [1.29, 1.82) is 0 Å². The Bertz CT molecular complexity index is 326. The third-order valence-corrected chi connectivity index (χ3v) is 5.01. The Labute approximate surface area is 127 Å². The summed E-state index contributed by atoms with van der Waals surface area (Å²) < 4.78 is 0. The van der Waals surface area contributed by atoms with Crippen molar-refractivity contribution in [2.75, 3.05) is 0 Å². The molecule has 0 saturated heterocycles. The zero-order valence-electron chi connectivity index (χ0n) is 13.1. The van der Waals surface area contributed by atoms with Crippen LogP contribution in [0.5, 0.6) is 0 Å². The fourth-order valence-electron chi connectivity index (χ4n) is 3.94. The van der Waals surface area contributed by atoms with Gasteiger partial charge in [-0.15, -0.1) is 0 Å². The number of aliphatic carboxylic acids is 1. The molecule has 0 unspecified atom stereocenters. The molecular formula is C17H29NO3. The molecule has 2 aliphatic rings. The SMILES string of the molecule is O=C(O)CCCC(=O)N(C1CCCCC1)C1CCCCC1. The van der Waals surface area contributed by atoms with Crippen molar-refractivity contribution in [2.24, 2.45) is 0 Å². The molecule has 0 aromatic rings. The Morgan fingerprint density at radius 2 is 1.29 bits per heavy atom. The van der Waals surface area contributed by atoms with Crippen LogP contribution in [-0.4, -0.2) is 34.0 Å². The van der Waals surface area contributed by atoms with Crippen LogP contribution < -0.4 is 0 Å². The van der Waals surface area contributed by atoms with Gasteiger partial charge in [0.1, 0.15) is 0 Å². The van der Waals surface area contributed by atoms with Gasteiger partial charge in [-0.3, -0.25) is 9.59 Å². The first-order valence-electron chi connectivity index (χ1n) is 8.71. The molecule has 4 heteroatoms. The number of hydrogen-bond acceptors (Lipinski definition) is 2. The minimum Gasteiger partial charge on any atom is -0.481 e. The van der Waals surface area contributed by atoms with Crippen molar-refractivity contribution in [3.05, 3.63) is 0 Å². The molecule has 2 fully saturated rings. The summed E-state index contributed by atoms with van der Waals surface area (Å²) in [5.41, 5.74) is 0. The van der Waals surface area contributed by atoms with Crippen molar-refractivity contribution in [3.8, 4) is 0 Å². The van der Waals surface area contributed by atoms with Gasteiger partial charge in [0.25, 0.3) is 0 Å². The van der Waals surface area contributed by atoms with E-state index >= 15 is 0 Å². The van der Waals surface area contributed by atoms with Gasteiger partial charge in [0, 0.05) is 24.9 Å². The molecule has 0 aromatic carbocycles. The molecule has 1 N–H and O–H groups in total. The molecule has 0 bridgehead atoms. The van der Waals surface area contributed by atoms with E-state index < -0.39 is 5.97 Å². The van der Waals surface area contributed by atoms with E-state index in [9.17, 15) is 9.59 Å². The van der Waals surface area contributed by atoms with E-state index in [1.54, 1.807) is 0 Å². The van der Waals surface area contributed by atoms with Gasteiger partial charge >= 0.3 is 5.97 Å². The van der Waals surface area contributed by atoms with E-state index in [2.05, 4.69) is 4.90 Å². The lowest BCUT2D eigenvalue weighted by Crippen LogP contribution is -2.48. The average molecular weight is 295 g/mol. The molecule has 0 spiro atoms. The predicted octanol–water partition coefficient (Wildman–Crippen LogP) is 3.74. The largest absolute Gasteiger partial charge is 0.481 e. The van der Waals surface area contributed by atoms with Gasteiger partial charge in [0.15, 0.2) is 0 Å². The number of carboxylic acids is 1. The van der Waals surface area contributed by atoms with E-state index in [0.717, 1.165) is 25.7 Å². The lowest BCUT2D eigenvalue weighted by Gasteiger charge is -2.42. The predicted molar refractivity (Wildman–Crippen MR) is 82.1 cm³/mol. The number of nitrogens with zero attached hydrogens (tertiary/aromatic N) is 1. The third kappa shape index (κ3) is 5.01. The Morgan fingerprint density at radius 1 is 0.810 bits per heavy atom. The maximum absolute atomic E-state index is 12.7. The highest BCUT2D eigenvalue weighted by Crippen LogP contribution is 2.30. The first-order valence-corrected chi connectivity index (χ1v) is 8.71. The summed E-state index contributed by atoms with van der Waals surface area (Å²) in [6.07, 6.45) is 13.1. The summed E-state index contributed by atoms with van der Waals surface area (Å²) in [6.45, 7) is 0. The zero-order valence-corrected chi connectivity index (χ0v) is 13.1. The quantitative estimate of drug-likeness (QED) is 0.812. The minimum atomic E-state index is -0.801. The van der Waals surface area contributed by atoms with Crippen LogP contribution in [0.2, 0.25) is 0 Å². The summed E-state index contributed by atoms with van der Waals surface area (Å²) in [5, 5.41) is 8.74. The number of carbonyl (C=O) groups is 2. The normalized spacial score (nSPS) is 21.1. The molecule has 21 heavy (non-hydrogen) atoms.